The van der Waals surface area contributed by atoms with Crippen molar-refractivity contribution >= 4 is 23.4 Å². The average Bonchev–Trinajstić information content (AvgIpc) is 3.08. The lowest BCUT2D eigenvalue weighted by molar-refractivity contribution is -0.129. The molecular formula is C29H22FNO. The molecule has 3 heteroatoms. The van der Waals surface area contributed by atoms with Crippen molar-refractivity contribution < 1.29 is 9.18 Å². The standard InChI is InChI=1S/C29H22FNO/c30-29(25(23-14-6-2-7-15-23)21-20-22-12-4-1-5-13-22)26-18-10-11-19-27(26)31(28(29)32)24-16-8-3-9-17-24/h1-21,25H/b21-20+/t25-,29+/m1/s1. The number of benzene rings is 4. The Bertz CT molecular complexity index is 1250. The van der Waals surface area contributed by atoms with Gasteiger partial charge < -0.3 is 0 Å². The fourth-order valence-corrected chi connectivity index (χ4v) is 4.40. The molecule has 32 heavy (non-hydrogen) atoms. The van der Waals surface area contributed by atoms with E-state index in [1.807, 2.05) is 115 Å². The quantitative estimate of drug-likeness (QED) is 0.340. The van der Waals surface area contributed by atoms with Crippen LogP contribution in [0.15, 0.2) is 121 Å². The highest BCUT2D eigenvalue weighted by atomic mass is 19.1. The van der Waals surface area contributed by atoms with Crippen LogP contribution in [0.1, 0.15) is 22.6 Å². The van der Waals surface area contributed by atoms with Gasteiger partial charge in [0.15, 0.2) is 0 Å². The maximum Gasteiger partial charge on any atom is 0.274 e. The van der Waals surface area contributed by atoms with Crippen molar-refractivity contribution in [1.82, 2.24) is 0 Å². The second-order valence-corrected chi connectivity index (χ2v) is 7.86. The molecule has 0 spiro atoms. The highest BCUT2D eigenvalue weighted by Crippen LogP contribution is 2.53. The molecular weight excluding hydrogens is 397 g/mol. The largest absolute Gasteiger partial charge is 0.278 e. The number of rotatable bonds is 5. The van der Waals surface area contributed by atoms with E-state index in [4.69, 9.17) is 0 Å². The summed E-state index contributed by atoms with van der Waals surface area (Å²) in [6, 6.07) is 35.6. The minimum Gasteiger partial charge on any atom is -0.278 e. The molecule has 1 aliphatic heterocycles. The van der Waals surface area contributed by atoms with Crippen LogP contribution in [0, 0.1) is 0 Å². The first kappa shape index (κ1) is 20.0. The van der Waals surface area contributed by atoms with Gasteiger partial charge in [-0.2, -0.15) is 0 Å². The van der Waals surface area contributed by atoms with Crippen LogP contribution in [0.3, 0.4) is 0 Å². The van der Waals surface area contributed by atoms with E-state index in [1.165, 1.54) is 4.90 Å². The van der Waals surface area contributed by atoms with Crippen molar-refractivity contribution in [3.05, 3.63) is 138 Å². The van der Waals surface area contributed by atoms with E-state index in [-0.39, 0.29) is 0 Å². The summed E-state index contributed by atoms with van der Waals surface area (Å²) in [6.45, 7) is 0. The van der Waals surface area contributed by atoms with Gasteiger partial charge in [0, 0.05) is 11.3 Å². The first-order valence-electron chi connectivity index (χ1n) is 10.7. The monoisotopic (exact) mass is 419 g/mol. The van der Waals surface area contributed by atoms with Crippen LogP contribution < -0.4 is 4.90 Å². The van der Waals surface area contributed by atoms with Gasteiger partial charge in [-0.3, -0.25) is 9.69 Å². The van der Waals surface area contributed by atoms with E-state index >= 15 is 4.39 Å². The van der Waals surface area contributed by atoms with Gasteiger partial charge in [-0.1, -0.05) is 109 Å². The molecule has 0 aromatic heterocycles. The number of fused-ring (bicyclic) bond motifs is 1. The Morgan fingerprint density at radius 2 is 1.28 bits per heavy atom. The summed E-state index contributed by atoms with van der Waals surface area (Å²) in [5.41, 5.74) is 1.10. The van der Waals surface area contributed by atoms with Crippen molar-refractivity contribution in [2.75, 3.05) is 4.90 Å². The minimum absolute atomic E-state index is 0.389. The number of anilines is 2. The van der Waals surface area contributed by atoms with Crippen LogP contribution in [-0.2, 0) is 10.5 Å². The van der Waals surface area contributed by atoms with E-state index in [2.05, 4.69) is 0 Å². The second-order valence-electron chi connectivity index (χ2n) is 7.86. The summed E-state index contributed by atoms with van der Waals surface area (Å²) in [5, 5.41) is 0. The Kier molecular flexibility index (Phi) is 5.16. The molecule has 2 atom stereocenters. The van der Waals surface area contributed by atoms with E-state index in [9.17, 15) is 4.79 Å². The number of nitrogens with zero attached hydrogens (tertiary/aromatic N) is 1. The zero-order valence-electron chi connectivity index (χ0n) is 17.4. The van der Waals surface area contributed by atoms with Crippen molar-refractivity contribution in [3.8, 4) is 0 Å². The molecule has 0 radical (unpaired) electrons. The Labute approximate surface area is 187 Å². The van der Waals surface area contributed by atoms with E-state index in [0.29, 0.717) is 16.9 Å². The number of amides is 1. The van der Waals surface area contributed by atoms with Crippen LogP contribution in [0.4, 0.5) is 15.8 Å². The number of hydrogen-bond donors (Lipinski definition) is 0. The normalized spacial score (nSPS) is 18.7. The summed E-state index contributed by atoms with van der Waals surface area (Å²) < 4.78 is 17.2. The lowest BCUT2D eigenvalue weighted by Crippen LogP contribution is -2.39. The predicted molar refractivity (Wildman–Crippen MR) is 127 cm³/mol. The molecule has 2 nitrogen and oxygen atoms in total. The summed E-state index contributed by atoms with van der Waals surface area (Å²) in [5.74, 6) is -1.36. The van der Waals surface area contributed by atoms with Crippen LogP contribution >= 0.6 is 0 Å². The maximum atomic E-state index is 17.2. The number of halogens is 1. The lowest BCUT2D eigenvalue weighted by Gasteiger charge is -2.28. The third kappa shape index (κ3) is 3.32. The molecule has 1 aliphatic rings. The van der Waals surface area contributed by atoms with Crippen LogP contribution in [0.2, 0.25) is 0 Å². The zero-order valence-corrected chi connectivity index (χ0v) is 17.4. The number of hydrogen-bond acceptors (Lipinski definition) is 1. The molecule has 0 saturated carbocycles. The average molecular weight is 419 g/mol. The summed E-state index contributed by atoms with van der Waals surface area (Å²) >= 11 is 0. The molecule has 4 aromatic rings. The number of carbonyl (C=O) groups is 1. The summed E-state index contributed by atoms with van der Waals surface area (Å²) in [7, 11) is 0. The van der Waals surface area contributed by atoms with Crippen LogP contribution in [-0.4, -0.2) is 5.91 Å². The predicted octanol–water partition coefficient (Wildman–Crippen LogP) is 7.03. The van der Waals surface area contributed by atoms with Gasteiger partial charge in [-0.05, 0) is 29.3 Å². The third-order valence-electron chi connectivity index (χ3n) is 5.93. The van der Waals surface area contributed by atoms with Gasteiger partial charge in [0.2, 0.25) is 5.67 Å². The minimum atomic E-state index is -2.24. The number of allylic oxidation sites excluding steroid dienone is 1. The molecule has 0 unspecified atom stereocenters. The van der Waals surface area contributed by atoms with Crippen LogP contribution in [0.25, 0.3) is 6.08 Å². The van der Waals surface area contributed by atoms with Crippen molar-refractivity contribution in [1.29, 1.82) is 0 Å². The van der Waals surface area contributed by atoms with Gasteiger partial charge in [0.25, 0.3) is 5.91 Å². The van der Waals surface area contributed by atoms with Crippen molar-refractivity contribution in [2.24, 2.45) is 0 Å². The highest BCUT2D eigenvalue weighted by molar-refractivity contribution is 6.12. The van der Waals surface area contributed by atoms with Crippen molar-refractivity contribution in [2.45, 2.75) is 11.6 Å². The Morgan fingerprint density at radius 3 is 1.97 bits per heavy atom. The Morgan fingerprint density at radius 1 is 0.719 bits per heavy atom. The fourth-order valence-electron chi connectivity index (χ4n) is 4.40. The van der Waals surface area contributed by atoms with Gasteiger partial charge in [-0.15, -0.1) is 0 Å². The molecule has 1 heterocycles. The number of para-hydroxylation sites is 2. The molecule has 4 aromatic carbocycles. The van der Waals surface area contributed by atoms with Crippen molar-refractivity contribution in [3.63, 3.8) is 0 Å². The lowest BCUT2D eigenvalue weighted by atomic mass is 9.79. The van der Waals surface area contributed by atoms with Crippen LogP contribution in [0.5, 0.6) is 0 Å². The number of carbonyl (C=O) groups excluding carboxylic acids is 1. The number of alkyl halides is 1. The molecule has 5 rings (SSSR count). The molecule has 0 fully saturated rings. The molecule has 1 amide bonds. The Balaban J connectivity index is 1.68. The zero-order chi connectivity index (χ0) is 22.0. The topological polar surface area (TPSA) is 20.3 Å². The molecule has 0 bridgehead atoms. The first-order valence-corrected chi connectivity index (χ1v) is 10.7. The van der Waals surface area contributed by atoms with Gasteiger partial charge in [0.05, 0.1) is 11.6 Å². The molecule has 156 valence electrons. The van der Waals surface area contributed by atoms with E-state index < -0.39 is 17.5 Å². The second kappa shape index (κ2) is 8.27. The molecule has 0 N–H and O–H groups in total. The highest BCUT2D eigenvalue weighted by Gasteiger charge is 2.56. The summed E-state index contributed by atoms with van der Waals surface area (Å²) in [4.78, 5) is 15.3. The van der Waals surface area contributed by atoms with Gasteiger partial charge >= 0.3 is 0 Å². The summed E-state index contributed by atoms with van der Waals surface area (Å²) in [6.07, 6.45) is 3.70. The third-order valence-corrected chi connectivity index (χ3v) is 5.93. The molecule has 0 saturated heterocycles. The van der Waals surface area contributed by atoms with Gasteiger partial charge in [0.1, 0.15) is 0 Å². The molecule has 0 aliphatic carbocycles. The SMILES string of the molecule is O=C1N(c2ccccc2)c2ccccc2[C@@]1(F)[C@H](/C=C/c1ccccc1)c1ccccc1. The Hall–Kier alpha value is -3.98. The van der Waals surface area contributed by atoms with E-state index in [0.717, 1.165) is 11.1 Å². The first-order chi connectivity index (χ1) is 15.7. The smallest absolute Gasteiger partial charge is 0.274 e. The van der Waals surface area contributed by atoms with Gasteiger partial charge in [-0.25, -0.2) is 4.39 Å². The fraction of sp³-hybridized carbons (Fsp3) is 0.0690. The maximum absolute atomic E-state index is 17.2. The van der Waals surface area contributed by atoms with E-state index in [1.54, 1.807) is 12.1 Å².